The zero-order valence-corrected chi connectivity index (χ0v) is 24.7. The van der Waals surface area contributed by atoms with E-state index in [1.165, 1.54) is 42.8 Å². The van der Waals surface area contributed by atoms with E-state index in [1.807, 2.05) is 6.07 Å². The maximum Gasteiger partial charge on any atom is 0.252 e. The lowest BCUT2D eigenvalue weighted by atomic mass is 9.87. The van der Waals surface area contributed by atoms with Crippen molar-refractivity contribution in [2.24, 2.45) is 0 Å². The van der Waals surface area contributed by atoms with Crippen molar-refractivity contribution in [2.45, 2.75) is 54.6 Å². The topological polar surface area (TPSA) is 123 Å². The van der Waals surface area contributed by atoms with E-state index in [0.717, 1.165) is 21.9 Å². The number of carbonyl (C=O) groups is 3. The minimum absolute atomic E-state index is 0.0116. The van der Waals surface area contributed by atoms with E-state index >= 15 is 0 Å². The molecule has 1 unspecified atom stereocenters. The molecular formula is C30H25ClF3N5O4S. The molecule has 1 N–H and O–H groups in total. The summed E-state index contributed by atoms with van der Waals surface area (Å²) in [7, 11) is -1.70. The second-order valence-corrected chi connectivity index (χ2v) is 12.3. The van der Waals surface area contributed by atoms with Crippen LogP contribution in [0.4, 0.5) is 24.7 Å². The second-order valence-electron chi connectivity index (χ2n) is 10.5. The molecule has 3 aromatic rings. The molecule has 1 aliphatic heterocycles. The molecule has 44 heavy (non-hydrogen) atoms. The molecule has 2 heterocycles. The average Bonchev–Trinajstić information content (AvgIpc) is 3.36. The van der Waals surface area contributed by atoms with Crippen molar-refractivity contribution in [2.75, 3.05) is 16.1 Å². The monoisotopic (exact) mass is 643 g/mol. The number of aromatic nitrogens is 1. The van der Waals surface area contributed by atoms with Crippen LogP contribution in [0.3, 0.4) is 0 Å². The predicted octanol–water partition coefficient (Wildman–Crippen LogP) is 4.67. The zero-order chi connectivity index (χ0) is 31.8. The number of nitrogens with zero attached hydrogens (tertiary/aromatic N) is 4. The number of nitriles is 1. The number of pyridine rings is 1. The first kappa shape index (κ1) is 31.2. The molecule has 2 aliphatic rings. The molecule has 9 nitrogen and oxygen atoms in total. The van der Waals surface area contributed by atoms with Gasteiger partial charge in [0.1, 0.15) is 23.7 Å². The molecular weight excluding hydrogens is 619 g/mol. The van der Waals surface area contributed by atoms with Crippen LogP contribution < -0.4 is 15.1 Å². The summed E-state index contributed by atoms with van der Waals surface area (Å²) in [6.07, 6.45) is 1.32. The van der Waals surface area contributed by atoms with Gasteiger partial charge in [0.05, 0.1) is 11.6 Å². The third kappa shape index (κ3) is 6.32. The molecule has 1 saturated carbocycles. The summed E-state index contributed by atoms with van der Waals surface area (Å²) in [5.41, 5.74) is 0.121. The summed E-state index contributed by atoms with van der Waals surface area (Å²) < 4.78 is 54.7. The Morgan fingerprint density at radius 1 is 1.20 bits per heavy atom. The first-order valence-electron chi connectivity index (χ1n) is 13.5. The van der Waals surface area contributed by atoms with Crippen molar-refractivity contribution in [3.8, 4) is 6.07 Å². The lowest BCUT2D eigenvalue weighted by Gasteiger charge is -2.39. The van der Waals surface area contributed by atoms with Gasteiger partial charge < -0.3 is 5.32 Å². The first-order chi connectivity index (χ1) is 20.9. The van der Waals surface area contributed by atoms with Crippen molar-refractivity contribution in [3.05, 3.63) is 82.8 Å². The Morgan fingerprint density at radius 2 is 1.93 bits per heavy atom. The van der Waals surface area contributed by atoms with Gasteiger partial charge in [-0.15, -0.1) is 0 Å². The summed E-state index contributed by atoms with van der Waals surface area (Å²) in [5, 5.41) is 12.0. The van der Waals surface area contributed by atoms with Gasteiger partial charge in [-0.3, -0.25) is 28.4 Å². The Bertz CT molecular complexity index is 1710. The van der Waals surface area contributed by atoms with Crippen molar-refractivity contribution >= 4 is 51.6 Å². The van der Waals surface area contributed by atoms with E-state index in [4.69, 9.17) is 11.6 Å². The van der Waals surface area contributed by atoms with Gasteiger partial charge >= 0.3 is 0 Å². The van der Waals surface area contributed by atoms with Crippen LogP contribution in [0.1, 0.15) is 42.9 Å². The van der Waals surface area contributed by atoms with Gasteiger partial charge in [-0.2, -0.15) is 5.26 Å². The lowest BCUT2D eigenvalue weighted by Crippen LogP contribution is -2.56. The standard InChI is InChI=1S/C30H25ClF3N5O4S/c1-44(43)21-12-18(32)11-20(13-21)38(29(42)24-6-7-26(40)39(24)25-10-17(16-35)8-9-36-25)27(22-4-2-3-5-23(22)31)28(41)37-19-14-30(33,34)15-19/h2-5,8-13,19,24,27H,6-7,14-15H2,1H3,(H,37,41)/t24-,27-,44?/m0/s1. The van der Waals surface area contributed by atoms with Crippen LogP contribution in [0.15, 0.2) is 65.7 Å². The Kier molecular flexibility index (Phi) is 8.76. The predicted molar refractivity (Wildman–Crippen MR) is 156 cm³/mol. The van der Waals surface area contributed by atoms with Gasteiger partial charge in [-0.1, -0.05) is 29.8 Å². The normalized spacial score (nSPS) is 19.0. The van der Waals surface area contributed by atoms with Gasteiger partial charge in [0.2, 0.25) is 11.8 Å². The quantitative estimate of drug-likeness (QED) is 0.381. The largest absolute Gasteiger partial charge is 0.351 e. The van der Waals surface area contributed by atoms with Crippen molar-refractivity contribution in [1.82, 2.24) is 10.3 Å². The van der Waals surface area contributed by atoms with Gasteiger partial charge in [0.15, 0.2) is 0 Å². The van der Waals surface area contributed by atoms with Crippen molar-refractivity contribution < 1.29 is 31.8 Å². The molecule has 5 rings (SSSR count). The summed E-state index contributed by atoms with van der Waals surface area (Å²) >= 11 is 6.52. The molecule has 2 fully saturated rings. The summed E-state index contributed by atoms with van der Waals surface area (Å²) in [6.45, 7) is 0. The van der Waals surface area contributed by atoms with E-state index < -0.39 is 71.2 Å². The lowest BCUT2D eigenvalue weighted by molar-refractivity contribution is -0.133. The Morgan fingerprint density at radius 3 is 2.59 bits per heavy atom. The van der Waals surface area contributed by atoms with Crippen LogP contribution in [-0.2, 0) is 25.2 Å². The number of amides is 3. The summed E-state index contributed by atoms with van der Waals surface area (Å²) in [6, 6.07) is 10.3. The zero-order valence-electron chi connectivity index (χ0n) is 23.2. The fraction of sp³-hybridized carbons (Fsp3) is 0.300. The summed E-state index contributed by atoms with van der Waals surface area (Å²) in [5.74, 6) is -5.96. The number of alkyl halides is 2. The van der Waals surface area contributed by atoms with Gasteiger partial charge in [0, 0.05) is 69.7 Å². The SMILES string of the molecule is CS(=O)c1cc(F)cc(N(C(=O)[C@@H]2CCC(=O)N2c2cc(C#N)ccn2)[C@H](C(=O)NC2CC(F)(F)C2)c2ccccc2Cl)c1. The number of nitrogens with one attached hydrogen (secondary N) is 1. The molecule has 3 amide bonds. The van der Waals surface area contributed by atoms with Crippen molar-refractivity contribution in [3.63, 3.8) is 0 Å². The first-order valence-corrected chi connectivity index (χ1v) is 15.4. The average molecular weight is 644 g/mol. The molecule has 0 spiro atoms. The van der Waals surface area contributed by atoms with Crippen molar-refractivity contribution in [1.29, 1.82) is 5.26 Å². The number of benzene rings is 2. The molecule has 14 heteroatoms. The highest BCUT2D eigenvalue weighted by Crippen LogP contribution is 2.40. The third-order valence-electron chi connectivity index (χ3n) is 7.46. The van der Waals surface area contributed by atoms with E-state index in [1.54, 1.807) is 12.1 Å². The second kappa shape index (κ2) is 12.4. The summed E-state index contributed by atoms with van der Waals surface area (Å²) in [4.78, 5) is 47.9. The van der Waals surface area contributed by atoms with E-state index in [2.05, 4.69) is 10.3 Å². The van der Waals surface area contributed by atoms with Crippen LogP contribution in [-0.4, -0.2) is 51.2 Å². The highest BCUT2D eigenvalue weighted by molar-refractivity contribution is 7.84. The molecule has 0 radical (unpaired) electrons. The Balaban J connectivity index is 1.66. The fourth-order valence-electron chi connectivity index (χ4n) is 5.38. The van der Waals surface area contributed by atoms with Gasteiger partial charge in [-0.05, 0) is 42.8 Å². The van der Waals surface area contributed by atoms with E-state index in [-0.39, 0.29) is 45.4 Å². The van der Waals surface area contributed by atoms with Crippen LogP contribution in [0.2, 0.25) is 5.02 Å². The minimum atomic E-state index is -2.95. The maximum absolute atomic E-state index is 15.0. The maximum atomic E-state index is 15.0. The van der Waals surface area contributed by atoms with Gasteiger partial charge in [0.25, 0.3) is 11.8 Å². The van der Waals surface area contributed by atoms with E-state index in [0.29, 0.717) is 0 Å². The molecule has 2 aromatic carbocycles. The molecule has 0 bridgehead atoms. The van der Waals surface area contributed by atoms with Gasteiger partial charge in [-0.25, -0.2) is 18.2 Å². The highest BCUT2D eigenvalue weighted by atomic mass is 35.5. The number of carbonyl (C=O) groups excluding carboxylic acids is 3. The number of halogens is 4. The molecule has 3 atom stereocenters. The van der Waals surface area contributed by atoms with Crippen LogP contribution in [0.5, 0.6) is 0 Å². The van der Waals surface area contributed by atoms with E-state index in [9.17, 15) is 37.0 Å². The molecule has 1 aromatic heterocycles. The Hall–Kier alpha value is -4.28. The fourth-order valence-corrected chi connectivity index (χ4v) is 6.18. The number of hydrogen-bond donors (Lipinski definition) is 1. The third-order valence-corrected chi connectivity index (χ3v) is 8.71. The minimum Gasteiger partial charge on any atom is -0.351 e. The molecule has 1 aliphatic carbocycles. The molecule has 228 valence electrons. The number of hydrogen-bond acceptors (Lipinski definition) is 6. The van der Waals surface area contributed by atoms with Crippen LogP contribution >= 0.6 is 11.6 Å². The number of rotatable bonds is 8. The smallest absolute Gasteiger partial charge is 0.252 e. The Labute approximate surface area is 258 Å². The van der Waals surface area contributed by atoms with Crippen LogP contribution in [0, 0.1) is 17.1 Å². The number of anilines is 2. The molecule has 1 saturated heterocycles. The van der Waals surface area contributed by atoms with Crippen LogP contribution in [0.25, 0.3) is 0 Å². The highest BCUT2D eigenvalue weighted by Gasteiger charge is 2.48.